The molecule has 4 aromatic rings. The van der Waals surface area contributed by atoms with Crippen molar-refractivity contribution in [2.24, 2.45) is 0 Å². The van der Waals surface area contributed by atoms with Crippen LogP contribution in [0.5, 0.6) is 5.75 Å². The highest BCUT2D eigenvalue weighted by Crippen LogP contribution is 2.32. The lowest BCUT2D eigenvalue weighted by Gasteiger charge is -2.22. The molecule has 0 unspecified atom stereocenters. The Morgan fingerprint density at radius 2 is 1.62 bits per heavy atom. The fraction of sp³-hybridized carbons (Fsp3) is 0.200. The molecule has 1 amide bonds. The number of fused-ring (bicyclic) bond motifs is 2. The molecule has 0 aliphatic heterocycles. The van der Waals surface area contributed by atoms with Crippen LogP contribution < -0.4 is 15.0 Å². The van der Waals surface area contributed by atoms with Crippen LogP contribution in [0.4, 0.5) is 16.2 Å². The SMILES string of the molecule is Cc1cccc2c(NC(=O)Oc3ccc(N(CCCl)CCCl)cc3)c3ccccc3nc12. The lowest BCUT2D eigenvalue weighted by molar-refractivity contribution is 0.215. The molecule has 3 aromatic carbocycles. The van der Waals surface area contributed by atoms with Crippen molar-refractivity contribution >= 4 is 62.5 Å². The Morgan fingerprint density at radius 1 is 0.938 bits per heavy atom. The van der Waals surface area contributed by atoms with E-state index in [1.165, 1.54) is 0 Å². The maximum absolute atomic E-state index is 12.8. The van der Waals surface area contributed by atoms with Gasteiger partial charge in [-0.3, -0.25) is 5.32 Å². The number of alkyl halides is 2. The number of halogens is 2. The van der Waals surface area contributed by atoms with E-state index < -0.39 is 6.09 Å². The van der Waals surface area contributed by atoms with E-state index >= 15 is 0 Å². The van der Waals surface area contributed by atoms with Crippen LogP contribution in [-0.4, -0.2) is 35.9 Å². The molecule has 0 saturated heterocycles. The monoisotopic (exact) mass is 467 g/mol. The molecule has 5 nitrogen and oxygen atoms in total. The standard InChI is InChI=1S/C25H23Cl2N3O2/c1-17-5-4-7-21-23(17)28-22-8-3-2-6-20(22)24(21)29-25(31)32-19-11-9-18(10-12-19)30(15-13-26)16-14-27/h2-12H,13-16H2,1H3,(H,28,29,31). The molecule has 1 heterocycles. The number of benzene rings is 3. The molecule has 164 valence electrons. The number of nitrogens with zero attached hydrogens (tertiary/aromatic N) is 2. The van der Waals surface area contributed by atoms with Gasteiger partial charge < -0.3 is 9.64 Å². The van der Waals surface area contributed by atoms with Crippen molar-refractivity contribution in [3.63, 3.8) is 0 Å². The van der Waals surface area contributed by atoms with E-state index in [4.69, 9.17) is 32.9 Å². The van der Waals surface area contributed by atoms with Crippen LogP contribution in [0.25, 0.3) is 21.8 Å². The number of amides is 1. The summed E-state index contributed by atoms with van der Waals surface area (Å²) in [6.45, 7) is 3.39. The molecule has 0 aliphatic rings. The van der Waals surface area contributed by atoms with Gasteiger partial charge in [0.2, 0.25) is 0 Å². The molecule has 0 fully saturated rings. The van der Waals surface area contributed by atoms with Crippen molar-refractivity contribution in [3.05, 3.63) is 72.3 Å². The fourth-order valence-corrected chi connectivity index (χ4v) is 4.13. The largest absolute Gasteiger partial charge is 0.417 e. The molecule has 1 aromatic heterocycles. The Balaban J connectivity index is 1.58. The summed E-state index contributed by atoms with van der Waals surface area (Å²) >= 11 is 11.8. The number of para-hydroxylation sites is 2. The van der Waals surface area contributed by atoms with Gasteiger partial charge >= 0.3 is 6.09 Å². The predicted molar refractivity (Wildman–Crippen MR) is 134 cm³/mol. The molecule has 0 spiro atoms. The molecule has 0 aliphatic carbocycles. The molecule has 7 heteroatoms. The second-order valence-electron chi connectivity index (χ2n) is 7.35. The minimum Gasteiger partial charge on any atom is -0.410 e. The van der Waals surface area contributed by atoms with Gasteiger partial charge in [-0.2, -0.15) is 0 Å². The van der Waals surface area contributed by atoms with E-state index in [2.05, 4.69) is 10.2 Å². The molecule has 0 atom stereocenters. The zero-order chi connectivity index (χ0) is 22.5. The second-order valence-corrected chi connectivity index (χ2v) is 8.10. The van der Waals surface area contributed by atoms with Gasteiger partial charge in [0, 0.05) is 41.3 Å². The Labute approximate surface area is 196 Å². The number of anilines is 2. The highest BCUT2D eigenvalue weighted by molar-refractivity contribution is 6.18. The summed E-state index contributed by atoms with van der Waals surface area (Å²) in [6.07, 6.45) is -0.560. The summed E-state index contributed by atoms with van der Waals surface area (Å²) in [7, 11) is 0. The van der Waals surface area contributed by atoms with Crippen LogP contribution in [0, 0.1) is 6.92 Å². The van der Waals surface area contributed by atoms with Crippen molar-refractivity contribution in [1.29, 1.82) is 0 Å². The lowest BCUT2D eigenvalue weighted by Crippen LogP contribution is -2.27. The Bertz CT molecular complexity index is 1240. The van der Waals surface area contributed by atoms with Crippen LogP contribution in [-0.2, 0) is 0 Å². The minimum absolute atomic E-state index is 0.446. The fourth-order valence-electron chi connectivity index (χ4n) is 3.73. The Kier molecular flexibility index (Phi) is 6.98. The van der Waals surface area contributed by atoms with E-state index in [0.717, 1.165) is 33.1 Å². The number of ether oxygens (including phenoxy) is 1. The first-order valence-corrected chi connectivity index (χ1v) is 11.4. The summed E-state index contributed by atoms with van der Waals surface area (Å²) in [5, 5.41) is 4.66. The number of aryl methyl sites for hydroxylation is 1. The van der Waals surface area contributed by atoms with Crippen molar-refractivity contribution in [3.8, 4) is 5.75 Å². The van der Waals surface area contributed by atoms with Gasteiger partial charge in [-0.1, -0.05) is 36.4 Å². The average Bonchev–Trinajstić information content (AvgIpc) is 2.80. The summed E-state index contributed by atoms with van der Waals surface area (Å²) in [5.74, 6) is 1.46. The molecule has 0 radical (unpaired) electrons. The van der Waals surface area contributed by atoms with Gasteiger partial charge in [-0.05, 0) is 42.8 Å². The smallest absolute Gasteiger partial charge is 0.410 e. The van der Waals surface area contributed by atoms with E-state index in [9.17, 15) is 4.79 Å². The number of rotatable bonds is 7. The Morgan fingerprint density at radius 3 is 2.34 bits per heavy atom. The molecular weight excluding hydrogens is 445 g/mol. The Hall–Kier alpha value is -3.02. The third-order valence-corrected chi connectivity index (χ3v) is 5.60. The predicted octanol–water partition coefficient (Wildman–Crippen LogP) is 6.59. The molecule has 0 bridgehead atoms. The lowest BCUT2D eigenvalue weighted by atomic mass is 10.1. The minimum atomic E-state index is -0.560. The van der Waals surface area contributed by atoms with Gasteiger partial charge in [0.1, 0.15) is 5.75 Å². The van der Waals surface area contributed by atoms with Gasteiger partial charge in [0.25, 0.3) is 0 Å². The van der Waals surface area contributed by atoms with Crippen LogP contribution >= 0.6 is 23.2 Å². The highest BCUT2D eigenvalue weighted by atomic mass is 35.5. The molecule has 1 N–H and O–H groups in total. The van der Waals surface area contributed by atoms with E-state index in [0.29, 0.717) is 36.3 Å². The van der Waals surface area contributed by atoms with Gasteiger partial charge in [-0.25, -0.2) is 9.78 Å². The molecule has 32 heavy (non-hydrogen) atoms. The first-order valence-electron chi connectivity index (χ1n) is 10.3. The molecular formula is C25H23Cl2N3O2. The summed E-state index contributed by atoms with van der Waals surface area (Å²) < 4.78 is 5.56. The second kappa shape index (κ2) is 10.1. The third kappa shape index (κ3) is 4.74. The highest BCUT2D eigenvalue weighted by Gasteiger charge is 2.14. The summed E-state index contributed by atoms with van der Waals surface area (Å²) in [5.41, 5.74) is 4.36. The number of aromatic nitrogens is 1. The molecule has 4 rings (SSSR count). The van der Waals surface area contributed by atoms with Crippen LogP contribution in [0.15, 0.2) is 66.7 Å². The maximum Gasteiger partial charge on any atom is 0.417 e. The number of carbonyl (C=O) groups excluding carboxylic acids is 1. The van der Waals surface area contributed by atoms with Gasteiger partial charge in [0.15, 0.2) is 0 Å². The summed E-state index contributed by atoms with van der Waals surface area (Å²) in [4.78, 5) is 19.6. The van der Waals surface area contributed by atoms with Crippen molar-refractivity contribution in [2.75, 3.05) is 35.1 Å². The number of hydrogen-bond acceptors (Lipinski definition) is 4. The quantitative estimate of drug-likeness (QED) is 0.246. The number of hydrogen-bond donors (Lipinski definition) is 1. The molecule has 0 saturated carbocycles. The summed E-state index contributed by atoms with van der Waals surface area (Å²) in [6, 6.07) is 21.0. The normalized spacial score (nSPS) is 11.0. The number of nitrogens with one attached hydrogen (secondary N) is 1. The van der Waals surface area contributed by atoms with E-state index in [1.54, 1.807) is 12.1 Å². The van der Waals surface area contributed by atoms with Crippen LogP contribution in [0.2, 0.25) is 0 Å². The number of carbonyl (C=O) groups is 1. The maximum atomic E-state index is 12.8. The van der Waals surface area contributed by atoms with Crippen LogP contribution in [0.3, 0.4) is 0 Å². The zero-order valence-corrected chi connectivity index (χ0v) is 19.2. The first-order chi connectivity index (χ1) is 15.6. The topological polar surface area (TPSA) is 54.5 Å². The van der Waals surface area contributed by atoms with E-state index in [1.807, 2.05) is 61.5 Å². The van der Waals surface area contributed by atoms with Crippen molar-refractivity contribution in [2.45, 2.75) is 6.92 Å². The van der Waals surface area contributed by atoms with Gasteiger partial charge in [0.05, 0.1) is 16.7 Å². The first kappa shape index (κ1) is 22.2. The third-order valence-electron chi connectivity index (χ3n) is 5.26. The van der Waals surface area contributed by atoms with Crippen LogP contribution in [0.1, 0.15) is 5.56 Å². The van der Waals surface area contributed by atoms with Crippen molar-refractivity contribution in [1.82, 2.24) is 4.98 Å². The average molecular weight is 468 g/mol. The number of pyridine rings is 1. The zero-order valence-electron chi connectivity index (χ0n) is 17.6. The van der Waals surface area contributed by atoms with Crippen molar-refractivity contribution < 1.29 is 9.53 Å². The van der Waals surface area contributed by atoms with Gasteiger partial charge in [-0.15, -0.1) is 23.2 Å². The van der Waals surface area contributed by atoms with E-state index in [-0.39, 0.29) is 0 Å².